The summed E-state index contributed by atoms with van der Waals surface area (Å²) in [6.45, 7) is 8.24. The third kappa shape index (κ3) is 5.20. The first-order valence-corrected chi connectivity index (χ1v) is 11.9. The van der Waals surface area contributed by atoms with Crippen molar-refractivity contribution in [2.45, 2.75) is 46.6 Å². The number of benzene rings is 1. The van der Waals surface area contributed by atoms with Crippen molar-refractivity contribution in [3.63, 3.8) is 0 Å². The van der Waals surface area contributed by atoms with Crippen LogP contribution in [-0.2, 0) is 6.42 Å². The van der Waals surface area contributed by atoms with Crippen molar-refractivity contribution in [1.29, 1.82) is 0 Å². The van der Waals surface area contributed by atoms with E-state index in [1.54, 1.807) is 12.4 Å². The topological polar surface area (TPSA) is 87.7 Å². The summed E-state index contributed by atoms with van der Waals surface area (Å²) in [5, 5.41) is 3.05. The zero-order valence-corrected chi connectivity index (χ0v) is 20.1. The van der Waals surface area contributed by atoms with Gasteiger partial charge in [0.2, 0.25) is 0 Å². The Kier molecular flexibility index (Phi) is 6.42. The maximum absolute atomic E-state index is 12.9. The number of Topliss-reactive ketones (excluding diaryl/α,β-unsaturated/α-hetero) is 1. The smallest absolute Gasteiger partial charge is 0.255 e. The van der Waals surface area contributed by atoms with Crippen LogP contribution < -0.4 is 5.32 Å². The Hall–Kier alpha value is -3.32. The number of rotatable bonds is 7. The molecule has 0 fully saturated rings. The number of thiophene rings is 1. The molecule has 0 aliphatic carbocycles. The summed E-state index contributed by atoms with van der Waals surface area (Å²) in [5.41, 5.74) is 3.29. The molecule has 1 atom stereocenters. The van der Waals surface area contributed by atoms with Gasteiger partial charge in [-0.15, -0.1) is 11.3 Å². The van der Waals surface area contributed by atoms with Gasteiger partial charge < -0.3 is 10.3 Å². The van der Waals surface area contributed by atoms with E-state index in [-0.39, 0.29) is 23.1 Å². The number of nitrogens with one attached hydrogen (secondary N) is 2. The number of aromatic amines is 1. The minimum absolute atomic E-state index is 0.00663. The SMILES string of the molecule is C[C@H](NC(=O)c1c[nH]c2ncc(-c3ccc(C(=O)CCc4ccccc4)s3)nc12)C(C)(C)C. The second kappa shape index (κ2) is 9.27. The van der Waals surface area contributed by atoms with Crippen molar-refractivity contribution >= 4 is 34.2 Å². The van der Waals surface area contributed by atoms with Crippen LogP contribution in [0.3, 0.4) is 0 Å². The molecular formula is C26H28N4O2S. The number of H-pyrrole nitrogens is 1. The highest BCUT2D eigenvalue weighted by molar-refractivity contribution is 7.17. The Morgan fingerprint density at radius 3 is 2.61 bits per heavy atom. The molecule has 3 aromatic heterocycles. The zero-order valence-electron chi connectivity index (χ0n) is 19.3. The van der Waals surface area contributed by atoms with E-state index in [4.69, 9.17) is 4.98 Å². The van der Waals surface area contributed by atoms with Crippen LogP contribution in [0.1, 0.15) is 59.7 Å². The number of aromatic nitrogens is 3. The number of hydrogen-bond acceptors (Lipinski definition) is 5. The van der Waals surface area contributed by atoms with Crippen LogP contribution in [-0.4, -0.2) is 32.7 Å². The van der Waals surface area contributed by atoms with Crippen molar-refractivity contribution in [3.8, 4) is 10.6 Å². The van der Waals surface area contributed by atoms with Crippen LogP contribution in [0.2, 0.25) is 0 Å². The van der Waals surface area contributed by atoms with Crippen LogP contribution in [0, 0.1) is 5.41 Å². The van der Waals surface area contributed by atoms with Gasteiger partial charge in [-0.25, -0.2) is 9.97 Å². The van der Waals surface area contributed by atoms with Crippen molar-refractivity contribution < 1.29 is 9.59 Å². The molecule has 3 heterocycles. The minimum atomic E-state index is -0.182. The summed E-state index contributed by atoms with van der Waals surface area (Å²) in [7, 11) is 0. The molecule has 0 spiro atoms. The van der Waals surface area contributed by atoms with Crippen molar-refractivity contribution in [1.82, 2.24) is 20.3 Å². The number of aryl methyl sites for hydroxylation is 1. The first-order chi connectivity index (χ1) is 15.7. The monoisotopic (exact) mass is 460 g/mol. The van der Waals surface area contributed by atoms with Gasteiger partial charge in [0.15, 0.2) is 11.4 Å². The van der Waals surface area contributed by atoms with Gasteiger partial charge in [-0.05, 0) is 36.5 Å². The molecule has 7 heteroatoms. The molecule has 1 amide bonds. The number of amides is 1. The average molecular weight is 461 g/mol. The van der Waals surface area contributed by atoms with Gasteiger partial charge in [0.1, 0.15) is 5.52 Å². The molecular weight excluding hydrogens is 432 g/mol. The summed E-state index contributed by atoms with van der Waals surface area (Å²) in [5.74, 6) is -0.0693. The van der Waals surface area contributed by atoms with E-state index >= 15 is 0 Å². The highest BCUT2D eigenvalue weighted by Crippen LogP contribution is 2.29. The highest BCUT2D eigenvalue weighted by Gasteiger charge is 2.24. The predicted molar refractivity (Wildman–Crippen MR) is 133 cm³/mol. The Bertz CT molecular complexity index is 1280. The first-order valence-electron chi connectivity index (χ1n) is 11.0. The fraction of sp³-hybridized carbons (Fsp3) is 0.308. The molecule has 0 aliphatic rings. The fourth-order valence-electron chi connectivity index (χ4n) is 3.33. The molecule has 0 saturated heterocycles. The average Bonchev–Trinajstić information content (AvgIpc) is 3.44. The van der Waals surface area contributed by atoms with Gasteiger partial charge in [0.25, 0.3) is 5.91 Å². The molecule has 0 radical (unpaired) electrons. The minimum Gasteiger partial charge on any atom is -0.349 e. The van der Waals surface area contributed by atoms with Crippen molar-refractivity contribution in [3.05, 3.63) is 70.9 Å². The van der Waals surface area contributed by atoms with Crippen LogP contribution in [0.25, 0.3) is 21.7 Å². The third-order valence-corrected chi connectivity index (χ3v) is 7.04. The van der Waals surface area contributed by atoms with Crippen molar-refractivity contribution in [2.24, 2.45) is 5.41 Å². The first kappa shape index (κ1) is 22.9. The Morgan fingerprint density at radius 1 is 1.12 bits per heavy atom. The van der Waals surface area contributed by atoms with E-state index in [0.717, 1.165) is 10.4 Å². The lowest BCUT2D eigenvalue weighted by Crippen LogP contribution is -2.41. The maximum Gasteiger partial charge on any atom is 0.255 e. The van der Waals surface area contributed by atoms with E-state index in [1.807, 2.05) is 49.4 Å². The second-order valence-corrected chi connectivity index (χ2v) is 10.4. The van der Waals surface area contributed by atoms with Gasteiger partial charge in [0, 0.05) is 18.7 Å². The van der Waals surface area contributed by atoms with Crippen LogP contribution in [0.15, 0.2) is 54.9 Å². The lowest BCUT2D eigenvalue weighted by atomic mass is 9.88. The Morgan fingerprint density at radius 2 is 1.88 bits per heavy atom. The molecule has 6 nitrogen and oxygen atoms in total. The summed E-state index contributed by atoms with van der Waals surface area (Å²) in [6, 6.07) is 13.7. The molecule has 4 aromatic rings. The van der Waals surface area contributed by atoms with E-state index in [1.165, 1.54) is 11.3 Å². The predicted octanol–water partition coefficient (Wildman–Crippen LogP) is 5.67. The van der Waals surface area contributed by atoms with Gasteiger partial charge in [-0.1, -0.05) is 51.1 Å². The Balaban J connectivity index is 1.52. The lowest BCUT2D eigenvalue weighted by molar-refractivity contribution is 0.0911. The number of hydrogen-bond donors (Lipinski definition) is 2. The van der Waals surface area contributed by atoms with Gasteiger partial charge in [-0.3, -0.25) is 9.59 Å². The highest BCUT2D eigenvalue weighted by atomic mass is 32.1. The van der Waals surface area contributed by atoms with E-state index < -0.39 is 0 Å². The van der Waals surface area contributed by atoms with Crippen molar-refractivity contribution in [2.75, 3.05) is 0 Å². The third-order valence-electron chi connectivity index (χ3n) is 5.89. The summed E-state index contributed by atoms with van der Waals surface area (Å²) in [4.78, 5) is 39.3. The summed E-state index contributed by atoms with van der Waals surface area (Å²) >= 11 is 1.41. The number of carbonyl (C=O) groups is 2. The Labute approximate surface area is 197 Å². The van der Waals surface area contributed by atoms with Gasteiger partial charge in [0.05, 0.1) is 27.2 Å². The molecule has 170 valence electrons. The molecule has 1 aromatic carbocycles. The quantitative estimate of drug-likeness (QED) is 0.348. The van der Waals surface area contributed by atoms with Gasteiger partial charge >= 0.3 is 0 Å². The fourth-order valence-corrected chi connectivity index (χ4v) is 4.25. The number of carbonyl (C=O) groups excluding carboxylic acids is 2. The largest absolute Gasteiger partial charge is 0.349 e. The van der Waals surface area contributed by atoms with Crippen LogP contribution >= 0.6 is 11.3 Å². The van der Waals surface area contributed by atoms with E-state index in [2.05, 4.69) is 36.1 Å². The molecule has 0 aliphatic heterocycles. The van der Waals surface area contributed by atoms with E-state index in [0.29, 0.717) is 40.1 Å². The normalized spacial score (nSPS) is 12.6. The molecule has 4 rings (SSSR count). The van der Waals surface area contributed by atoms with Crippen LogP contribution in [0.5, 0.6) is 0 Å². The van der Waals surface area contributed by atoms with Gasteiger partial charge in [-0.2, -0.15) is 0 Å². The lowest BCUT2D eigenvalue weighted by Gasteiger charge is -2.27. The summed E-state index contributed by atoms with van der Waals surface area (Å²) in [6.07, 6.45) is 4.49. The zero-order chi connectivity index (χ0) is 23.6. The standard InChI is InChI=1S/C26H28N4O2S/c1-16(26(2,3)4)29-25(32)18-14-27-24-23(18)30-19(15-28-24)21-12-13-22(33-21)20(31)11-10-17-8-6-5-7-9-17/h5-9,12-16H,10-11H2,1-4H3,(H,27,28)(H,29,32)/t16-/m0/s1. The number of ketones is 1. The molecule has 0 bridgehead atoms. The molecule has 0 saturated carbocycles. The molecule has 33 heavy (non-hydrogen) atoms. The maximum atomic E-state index is 12.9. The van der Waals surface area contributed by atoms with Crippen LogP contribution in [0.4, 0.5) is 0 Å². The summed E-state index contributed by atoms with van der Waals surface area (Å²) < 4.78 is 0. The number of nitrogens with zero attached hydrogens (tertiary/aromatic N) is 2. The second-order valence-electron chi connectivity index (χ2n) is 9.29. The molecule has 0 unspecified atom stereocenters. The molecule has 2 N–H and O–H groups in total. The van der Waals surface area contributed by atoms with E-state index in [9.17, 15) is 9.59 Å². The number of fused-ring (bicyclic) bond motifs is 1.